The van der Waals surface area contributed by atoms with E-state index in [4.69, 9.17) is 5.11 Å². The highest BCUT2D eigenvalue weighted by atomic mass is 32.1. The van der Waals surface area contributed by atoms with E-state index >= 15 is 0 Å². The Hall–Kier alpha value is -1.65. The summed E-state index contributed by atoms with van der Waals surface area (Å²) in [7, 11) is 0. The lowest BCUT2D eigenvalue weighted by Crippen LogP contribution is -2.23. The largest absolute Gasteiger partial charge is 0.481 e. The van der Waals surface area contributed by atoms with E-state index < -0.39 is 5.97 Å². The molecule has 1 aromatic carbocycles. The molecule has 0 unspecified atom stereocenters. The summed E-state index contributed by atoms with van der Waals surface area (Å²) in [5, 5.41) is 16.4. The molecule has 0 aliphatic heterocycles. The minimum Gasteiger partial charge on any atom is -0.481 e. The monoisotopic (exact) mass is 303 g/mol. The lowest BCUT2D eigenvalue weighted by molar-refractivity contribution is -0.137. The van der Waals surface area contributed by atoms with Crippen molar-refractivity contribution in [2.45, 2.75) is 39.8 Å². The minimum absolute atomic E-state index is 0.0978. The first kappa shape index (κ1) is 15.7. The zero-order valence-electron chi connectivity index (χ0n) is 12.6. The highest BCUT2D eigenvalue weighted by molar-refractivity contribution is 7.07. The van der Waals surface area contributed by atoms with Gasteiger partial charge in [-0.05, 0) is 65.4 Å². The highest BCUT2D eigenvalue weighted by Gasteiger charge is 2.16. The number of hydrogen-bond donors (Lipinski definition) is 2. The van der Waals surface area contributed by atoms with Crippen LogP contribution in [0.15, 0.2) is 29.0 Å². The zero-order chi connectivity index (χ0) is 15.4. The van der Waals surface area contributed by atoms with E-state index in [0.29, 0.717) is 6.54 Å². The molecule has 3 nitrogen and oxygen atoms in total. The molecule has 0 aliphatic rings. The quantitative estimate of drug-likeness (QED) is 0.848. The summed E-state index contributed by atoms with van der Waals surface area (Å²) in [5.41, 5.74) is 6.07. The van der Waals surface area contributed by atoms with E-state index in [9.17, 15) is 4.79 Å². The van der Waals surface area contributed by atoms with E-state index in [1.54, 1.807) is 11.3 Å². The zero-order valence-corrected chi connectivity index (χ0v) is 13.5. The van der Waals surface area contributed by atoms with Crippen LogP contribution in [-0.4, -0.2) is 11.1 Å². The van der Waals surface area contributed by atoms with Gasteiger partial charge in [-0.15, -0.1) is 0 Å². The van der Waals surface area contributed by atoms with Crippen molar-refractivity contribution in [3.63, 3.8) is 0 Å². The van der Waals surface area contributed by atoms with Crippen LogP contribution in [0.4, 0.5) is 0 Å². The van der Waals surface area contributed by atoms with Crippen LogP contribution in [0.3, 0.4) is 0 Å². The van der Waals surface area contributed by atoms with Gasteiger partial charge in [0.2, 0.25) is 0 Å². The molecule has 0 radical (unpaired) electrons. The number of nitrogens with one attached hydrogen (secondary N) is 1. The molecular weight excluding hydrogens is 282 g/mol. The van der Waals surface area contributed by atoms with Gasteiger partial charge in [0.05, 0.1) is 6.42 Å². The average molecular weight is 303 g/mol. The van der Waals surface area contributed by atoms with Crippen LogP contribution in [0, 0.1) is 20.8 Å². The first-order valence-electron chi connectivity index (χ1n) is 7.01. The van der Waals surface area contributed by atoms with Crippen molar-refractivity contribution in [1.29, 1.82) is 0 Å². The molecule has 112 valence electrons. The fraction of sp³-hybridized carbons (Fsp3) is 0.353. The van der Waals surface area contributed by atoms with Crippen LogP contribution in [0.1, 0.15) is 40.3 Å². The normalized spacial score (nSPS) is 12.3. The molecule has 4 heteroatoms. The molecule has 2 aromatic rings. The van der Waals surface area contributed by atoms with E-state index in [0.717, 1.165) is 5.56 Å². The molecule has 0 fully saturated rings. The summed E-state index contributed by atoms with van der Waals surface area (Å²) in [6.07, 6.45) is 0.0978. The Morgan fingerprint density at radius 1 is 1.24 bits per heavy atom. The van der Waals surface area contributed by atoms with Crippen molar-refractivity contribution < 1.29 is 9.90 Å². The van der Waals surface area contributed by atoms with Gasteiger partial charge in [0, 0.05) is 12.6 Å². The molecule has 0 saturated carbocycles. The Bertz CT molecular complexity index is 620. The summed E-state index contributed by atoms with van der Waals surface area (Å²) >= 11 is 1.59. The van der Waals surface area contributed by atoms with Gasteiger partial charge in [0.1, 0.15) is 0 Å². The lowest BCUT2D eigenvalue weighted by Gasteiger charge is -2.18. The Kier molecular flexibility index (Phi) is 5.15. The van der Waals surface area contributed by atoms with E-state index in [1.165, 1.54) is 22.3 Å². The first-order chi connectivity index (χ1) is 9.97. The Morgan fingerprint density at radius 3 is 2.57 bits per heavy atom. The summed E-state index contributed by atoms with van der Waals surface area (Å²) in [6.45, 7) is 6.99. The number of rotatable bonds is 6. The molecule has 0 bridgehead atoms. The number of benzene rings is 1. The fourth-order valence-corrected chi connectivity index (χ4v) is 3.11. The van der Waals surface area contributed by atoms with Crippen LogP contribution in [0.25, 0.3) is 0 Å². The number of carboxylic acids is 1. The second-order valence-electron chi connectivity index (χ2n) is 5.45. The Balaban J connectivity index is 2.12. The van der Waals surface area contributed by atoms with Crippen LogP contribution >= 0.6 is 11.3 Å². The van der Waals surface area contributed by atoms with Gasteiger partial charge in [-0.2, -0.15) is 11.3 Å². The van der Waals surface area contributed by atoms with Crippen molar-refractivity contribution in [1.82, 2.24) is 5.32 Å². The standard InChI is InChI=1S/C17H21NO2S/c1-11-6-13(3)15(7-12(11)2)9-18-16(8-17(19)20)14-4-5-21-10-14/h4-7,10,16,18H,8-9H2,1-3H3,(H,19,20)/t16-/m1/s1. The van der Waals surface area contributed by atoms with Crippen LogP contribution in [0.2, 0.25) is 0 Å². The van der Waals surface area contributed by atoms with Crippen LogP contribution < -0.4 is 5.32 Å². The third kappa shape index (κ3) is 4.16. The van der Waals surface area contributed by atoms with Crippen molar-refractivity contribution in [3.05, 3.63) is 56.8 Å². The summed E-state index contributed by atoms with van der Waals surface area (Å²) in [5.74, 6) is -0.782. The molecule has 0 spiro atoms. The third-order valence-electron chi connectivity index (χ3n) is 3.82. The van der Waals surface area contributed by atoms with Crippen molar-refractivity contribution in [2.75, 3.05) is 0 Å². The number of aryl methyl sites for hydroxylation is 3. The summed E-state index contributed by atoms with van der Waals surface area (Å²) in [4.78, 5) is 11.0. The predicted molar refractivity (Wildman–Crippen MR) is 86.8 cm³/mol. The van der Waals surface area contributed by atoms with Gasteiger partial charge in [-0.25, -0.2) is 0 Å². The summed E-state index contributed by atoms with van der Waals surface area (Å²) < 4.78 is 0. The van der Waals surface area contributed by atoms with Gasteiger partial charge in [0.15, 0.2) is 0 Å². The number of carbonyl (C=O) groups is 1. The van der Waals surface area contributed by atoms with Gasteiger partial charge >= 0.3 is 5.97 Å². The SMILES string of the molecule is Cc1cc(C)c(CN[C@H](CC(=O)O)c2ccsc2)cc1C. The fourth-order valence-electron chi connectivity index (χ4n) is 2.40. The third-order valence-corrected chi connectivity index (χ3v) is 4.52. The first-order valence-corrected chi connectivity index (χ1v) is 7.95. The van der Waals surface area contributed by atoms with Crippen molar-refractivity contribution in [2.24, 2.45) is 0 Å². The van der Waals surface area contributed by atoms with E-state index in [2.05, 4.69) is 38.2 Å². The maximum absolute atomic E-state index is 11.0. The van der Waals surface area contributed by atoms with E-state index in [1.807, 2.05) is 16.8 Å². The van der Waals surface area contributed by atoms with E-state index in [-0.39, 0.29) is 12.5 Å². The Labute approximate surface area is 129 Å². The summed E-state index contributed by atoms with van der Waals surface area (Å²) in [6, 6.07) is 6.21. The maximum Gasteiger partial charge on any atom is 0.305 e. The maximum atomic E-state index is 11.0. The van der Waals surface area contributed by atoms with Crippen molar-refractivity contribution in [3.8, 4) is 0 Å². The molecule has 0 saturated heterocycles. The molecule has 21 heavy (non-hydrogen) atoms. The minimum atomic E-state index is -0.782. The van der Waals surface area contributed by atoms with Gasteiger partial charge in [-0.3, -0.25) is 4.79 Å². The van der Waals surface area contributed by atoms with Gasteiger partial charge < -0.3 is 10.4 Å². The molecule has 0 aliphatic carbocycles. The predicted octanol–water partition coefficient (Wildman–Crippen LogP) is 3.98. The number of carboxylic acid groups (broad SMARTS) is 1. The highest BCUT2D eigenvalue weighted by Crippen LogP contribution is 2.21. The van der Waals surface area contributed by atoms with Crippen LogP contribution in [-0.2, 0) is 11.3 Å². The Morgan fingerprint density at radius 2 is 1.95 bits per heavy atom. The number of hydrogen-bond acceptors (Lipinski definition) is 3. The van der Waals surface area contributed by atoms with Gasteiger partial charge in [0.25, 0.3) is 0 Å². The molecule has 1 aromatic heterocycles. The van der Waals surface area contributed by atoms with Crippen LogP contribution in [0.5, 0.6) is 0 Å². The number of aliphatic carboxylic acids is 1. The number of thiophene rings is 1. The second-order valence-corrected chi connectivity index (χ2v) is 6.23. The molecular formula is C17H21NO2S. The molecule has 1 atom stereocenters. The molecule has 2 rings (SSSR count). The lowest BCUT2D eigenvalue weighted by atomic mass is 10.00. The van der Waals surface area contributed by atoms with Gasteiger partial charge in [-0.1, -0.05) is 12.1 Å². The smallest absolute Gasteiger partial charge is 0.305 e. The molecule has 0 amide bonds. The average Bonchev–Trinajstić information content (AvgIpc) is 2.93. The van der Waals surface area contributed by atoms with Crippen molar-refractivity contribution >= 4 is 17.3 Å². The second kappa shape index (κ2) is 6.87. The topological polar surface area (TPSA) is 49.3 Å². The molecule has 1 heterocycles. The molecule has 2 N–H and O–H groups in total.